The first kappa shape index (κ1) is 27.4. The fraction of sp³-hybridized carbons (Fsp3) is 0.400. The summed E-state index contributed by atoms with van der Waals surface area (Å²) in [4.78, 5) is 46.8. The first-order chi connectivity index (χ1) is 19.5. The van der Waals surface area contributed by atoms with Gasteiger partial charge in [-0.2, -0.15) is 0 Å². The highest BCUT2D eigenvalue weighted by Gasteiger charge is 2.47. The average Bonchev–Trinajstić information content (AvgIpc) is 3.57. The Bertz CT molecular complexity index is 1390. The smallest absolute Gasteiger partial charge is 0.308 e. The number of aryl methyl sites for hydroxylation is 1. The number of pyridine rings is 2. The molecule has 0 aliphatic carbocycles. The molecule has 0 unspecified atom stereocenters. The maximum Gasteiger partial charge on any atom is 0.308 e. The van der Waals surface area contributed by atoms with Crippen LogP contribution in [0, 0.1) is 5.92 Å². The number of benzene rings is 1. The van der Waals surface area contributed by atoms with Gasteiger partial charge in [0.05, 0.1) is 24.3 Å². The number of fused-ring (bicyclic) bond motifs is 1. The molecule has 5 rings (SSSR count). The number of hydrogen-bond donors (Lipinski definition) is 1. The number of aliphatic carboxylic acids is 1. The van der Waals surface area contributed by atoms with Crippen LogP contribution < -0.4 is 19.9 Å². The molecule has 4 heterocycles. The Balaban J connectivity index is 1.45. The fourth-order valence-electron chi connectivity index (χ4n) is 5.74. The summed E-state index contributed by atoms with van der Waals surface area (Å²) in [6, 6.07) is 13.7. The number of unbranched alkanes of at least 4 members (excludes halogenated alkanes) is 1. The monoisotopic (exact) mass is 546 g/mol. The molecule has 210 valence electrons. The van der Waals surface area contributed by atoms with Crippen molar-refractivity contribution in [3.8, 4) is 11.5 Å². The van der Waals surface area contributed by atoms with Gasteiger partial charge in [0.2, 0.25) is 18.3 Å². The topological polar surface area (TPSA) is 114 Å². The molecule has 1 aromatic carbocycles. The molecule has 0 saturated carbocycles. The summed E-state index contributed by atoms with van der Waals surface area (Å²) in [5, 5.41) is 10.5. The van der Waals surface area contributed by atoms with E-state index in [-0.39, 0.29) is 30.7 Å². The van der Waals surface area contributed by atoms with Crippen molar-refractivity contribution >= 4 is 17.6 Å². The molecule has 10 heteroatoms. The first-order valence-electron chi connectivity index (χ1n) is 13.7. The molecule has 2 aliphatic heterocycles. The molecular formula is C30H34N4O6. The van der Waals surface area contributed by atoms with E-state index in [9.17, 15) is 19.5 Å². The van der Waals surface area contributed by atoms with Crippen LogP contribution in [0.25, 0.3) is 0 Å². The molecule has 2 aromatic heterocycles. The molecule has 1 amide bonds. The van der Waals surface area contributed by atoms with Crippen molar-refractivity contribution in [2.45, 2.75) is 44.7 Å². The van der Waals surface area contributed by atoms with Gasteiger partial charge in [-0.3, -0.25) is 24.3 Å². The predicted molar refractivity (Wildman–Crippen MR) is 149 cm³/mol. The molecule has 3 atom stereocenters. The quantitative estimate of drug-likeness (QED) is 0.390. The molecule has 1 N–H and O–H groups in total. The third-order valence-corrected chi connectivity index (χ3v) is 7.76. The van der Waals surface area contributed by atoms with Gasteiger partial charge in [-0.15, -0.1) is 0 Å². The Labute approximate surface area is 232 Å². The zero-order valence-electron chi connectivity index (χ0n) is 22.5. The Morgan fingerprint density at radius 3 is 2.73 bits per heavy atom. The van der Waals surface area contributed by atoms with E-state index < -0.39 is 17.9 Å². The second-order valence-corrected chi connectivity index (χ2v) is 10.2. The van der Waals surface area contributed by atoms with Crippen LogP contribution in [-0.2, 0) is 16.1 Å². The van der Waals surface area contributed by atoms with Crippen LogP contribution >= 0.6 is 0 Å². The molecule has 10 nitrogen and oxygen atoms in total. The number of likely N-dealkylation sites (tertiary alicyclic amines) is 1. The number of anilines is 1. The number of aromatic nitrogens is 2. The maximum atomic E-state index is 13.8. The number of amides is 1. The summed E-state index contributed by atoms with van der Waals surface area (Å²) in [5.74, 6) is -0.985. The van der Waals surface area contributed by atoms with Gasteiger partial charge in [-0.05, 0) is 48.7 Å². The van der Waals surface area contributed by atoms with Crippen LogP contribution in [0.2, 0.25) is 0 Å². The van der Waals surface area contributed by atoms with Gasteiger partial charge in [0.15, 0.2) is 11.5 Å². The summed E-state index contributed by atoms with van der Waals surface area (Å²) >= 11 is 0. The van der Waals surface area contributed by atoms with E-state index in [0.717, 1.165) is 24.1 Å². The maximum absolute atomic E-state index is 13.8. The summed E-state index contributed by atoms with van der Waals surface area (Å²) in [7, 11) is 0. The second-order valence-electron chi connectivity index (χ2n) is 10.2. The molecule has 0 bridgehead atoms. The normalized spacial score (nSPS) is 20.0. The van der Waals surface area contributed by atoms with Crippen LogP contribution in [0.4, 0.5) is 5.69 Å². The van der Waals surface area contributed by atoms with Crippen LogP contribution in [0.15, 0.2) is 71.9 Å². The van der Waals surface area contributed by atoms with E-state index >= 15 is 0 Å². The van der Waals surface area contributed by atoms with Crippen LogP contribution in [0.3, 0.4) is 0 Å². The minimum Gasteiger partial charge on any atom is -0.481 e. The van der Waals surface area contributed by atoms with E-state index in [1.165, 1.54) is 6.07 Å². The lowest BCUT2D eigenvalue weighted by Crippen LogP contribution is -2.45. The average molecular weight is 547 g/mol. The van der Waals surface area contributed by atoms with E-state index in [4.69, 9.17) is 9.47 Å². The van der Waals surface area contributed by atoms with Gasteiger partial charge in [0.1, 0.15) is 0 Å². The molecule has 1 saturated heterocycles. The summed E-state index contributed by atoms with van der Waals surface area (Å²) in [5.41, 5.74) is 1.39. The highest BCUT2D eigenvalue weighted by molar-refractivity contribution is 5.94. The van der Waals surface area contributed by atoms with Crippen LogP contribution in [0.1, 0.15) is 37.7 Å². The van der Waals surface area contributed by atoms with Crippen molar-refractivity contribution in [3.05, 3.63) is 83.0 Å². The number of carboxylic acid groups (broad SMARTS) is 1. The van der Waals surface area contributed by atoms with E-state index in [1.807, 2.05) is 23.1 Å². The summed E-state index contributed by atoms with van der Waals surface area (Å²) < 4.78 is 12.6. The second kappa shape index (κ2) is 12.3. The van der Waals surface area contributed by atoms with Crippen molar-refractivity contribution < 1.29 is 24.2 Å². The number of rotatable bonds is 11. The molecular weight excluding hydrogens is 512 g/mol. The van der Waals surface area contributed by atoms with E-state index in [1.54, 1.807) is 52.3 Å². The number of carbonyl (C=O) groups is 2. The lowest BCUT2D eigenvalue weighted by atomic mass is 9.84. The third-order valence-electron chi connectivity index (χ3n) is 7.76. The van der Waals surface area contributed by atoms with Crippen LogP contribution in [0.5, 0.6) is 11.5 Å². The predicted octanol–water partition coefficient (Wildman–Crippen LogP) is 3.36. The molecule has 40 heavy (non-hydrogen) atoms. The van der Waals surface area contributed by atoms with Gasteiger partial charge in [0, 0.05) is 50.1 Å². The van der Waals surface area contributed by atoms with Crippen molar-refractivity contribution in [2.24, 2.45) is 5.92 Å². The van der Waals surface area contributed by atoms with Gasteiger partial charge >= 0.3 is 5.97 Å². The molecule has 0 radical (unpaired) electrons. The van der Waals surface area contributed by atoms with Crippen LogP contribution in [-0.4, -0.2) is 63.9 Å². The van der Waals surface area contributed by atoms with E-state index in [0.29, 0.717) is 37.6 Å². The first-order valence-corrected chi connectivity index (χ1v) is 13.7. The third kappa shape index (κ3) is 5.86. The zero-order valence-corrected chi connectivity index (χ0v) is 22.5. The summed E-state index contributed by atoms with van der Waals surface area (Å²) in [6.07, 6.45) is 7.20. The standard InChI is InChI=1S/C30H34N4O6/c1-2-3-14-34(22-7-6-12-31-17-22)28(36)19-33-18-23(21-9-10-25-26(16-21)40-20-39-25)29(30(37)38)24(33)11-15-32-13-5-4-8-27(32)35/h4-10,12-13,16-17,23-24,29H,2-3,11,14-15,18-20H2,1H3,(H,37,38)/t23-,24+,29-/m1/s1. The highest BCUT2D eigenvalue weighted by atomic mass is 16.7. The SMILES string of the molecule is CCCCN(C(=O)CN1C[C@H](c2ccc3c(c2)OCO3)[C@@H](C(=O)O)[C@@H]1CCn1ccccc1=O)c1cccnc1. The van der Waals surface area contributed by atoms with Gasteiger partial charge in [-0.1, -0.05) is 25.5 Å². The lowest BCUT2D eigenvalue weighted by Gasteiger charge is -2.29. The minimum absolute atomic E-state index is 0.0534. The van der Waals surface area contributed by atoms with Crippen molar-refractivity contribution in [3.63, 3.8) is 0 Å². The van der Waals surface area contributed by atoms with E-state index in [2.05, 4.69) is 11.9 Å². The number of carbonyl (C=O) groups excluding carboxylic acids is 1. The molecule has 1 fully saturated rings. The Morgan fingerprint density at radius 2 is 1.98 bits per heavy atom. The van der Waals surface area contributed by atoms with Crippen molar-refractivity contribution in [1.82, 2.24) is 14.5 Å². The Kier molecular flexibility index (Phi) is 8.45. The van der Waals surface area contributed by atoms with Gasteiger partial charge in [-0.25, -0.2) is 0 Å². The number of hydrogen-bond acceptors (Lipinski definition) is 7. The van der Waals surface area contributed by atoms with Gasteiger partial charge in [0.25, 0.3) is 0 Å². The van der Waals surface area contributed by atoms with Gasteiger partial charge < -0.3 is 24.0 Å². The summed E-state index contributed by atoms with van der Waals surface area (Å²) in [6.45, 7) is 3.52. The molecule has 0 spiro atoms. The zero-order chi connectivity index (χ0) is 28.1. The number of nitrogens with zero attached hydrogens (tertiary/aromatic N) is 4. The number of ether oxygens (including phenoxy) is 2. The largest absolute Gasteiger partial charge is 0.481 e. The Morgan fingerprint density at radius 1 is 1.12 bits per heavy atom. The minimum atomic E-state index is -0.932. The molecule has 2 aliphatic rings. The lowest BCUT2D eigenvalue weighted by molar-refractivity contribution is -0.143. The molecule has 3 aromatic rings. The highest BCUT2D eigenvalue weighted by Crippen LogP contribution is 2.42. The Hall–Kier alpha value is -4.18. The number of carboxylic acids is 1. The van der Waals surface area contributed by atoms with Crippen molar-refractivity contribution in [1.29, 1.82) is 0 Å². The van der Waals surface area contributed by atoms with Crippen molar-refractivity contribution in [2.75, 3.05) is 31.3 Å². The fourth-order valence-corrected chi connectivity index (χ4v) is 5.74.